The van der Waals surface area contributed by atoms with Gasteiger partial charge in [0.05, 0.1) is 7.11 Å². The van der Waals surface area contributed by atoms with Crippen molar-refractivity contribution < 1.29 is 9.53 Å². The van der Waals surface area contributed by atoms with E-state index in [4.69, 9.17) is 4.74 Å². The summed E-state index contributed by atoms with van der Waals surface area (Å²) in [5, 5.41) is 11.5. The van der Waals surface area contributed by atoms with E-state index in [9.17, 15) is 10.1 Å². The SMILES string of the molecule is COc1ccc2ccccc2c1/C=C(\C#N)C(=O)c1ccccc1C. The molecule has 0 aliphatic carbocycles. The lowest BCUT2D eigenvalue weighted by molar-refractivity contribution is 0.103. The van der Waals surface area contributed by atoms with Gasteiger partial charge in [0.25, 0.3) is 0 Å². The zero-order valence-electron chi connectivity index (χ0n) is 14.1. The Balaban J connectivity index is 2.19. The number of carbonyl (C=O) groups is 1. The minimum absolute atomic E-state index is 0.0870. The van der Waals surface area contributed by atoms with Crippen LogP contribution in [-0.2, 0) is 0 Å². The molecule has 122 valence electrons. The number of hydrogen-bond acceptors (Lipinski definition) is 3. The Labute approximate surface area is 146 Å². The molecule has 0 atom stereocenters. The van der Waals surface area contributed by atoms with Gasteiger partial charge in [-0.2, -0.15) is 5.26 Å². The maximum atomic E-state index is 12.8. The Morgan fingerprint density at radius 2 is 1.76 bits per heavy atom. The lowest BCUT2D eigenvalue weighted by atomic mass is 9.96. The lowest BCUT2D eigenvalue weighted by Crippen LogP contribution is -2.04. The van der Waals surface area contributed by atoms with E-state index in [-0.39, 0.29) is 11.4 Å². The van der Waals surface area contributed by atoms with E-state index in [1.807, 2.05) is 61.5 Å². The number of hydrogen-bond donors (Lipinski definition) is 0. The third kappa shape index (κ3) is 3.15. The first-order valence-electron chi connectivity index (χ1n) is 7.93. The van der Waals surface area contributed by atoms with Crippen molar-refractivity contribution in [1.82, 2.24) is 0 Å². The van der Waals surface area contributed by atoms with E-state index in [1.54, 1.807) is 25.3 Å². The molecule has 0 aliphatic rings. The molecular formula is C22H17NO2. The maximum absolute atomic E-state index is 12.8. The molecule has 3 rings (SSSR count). The van der Waals surface area contributed by atoms with Crippen molar-refractivity contribution in [3.05, 3.63) is 82.9 Å². The van der Waals surface area contributed by atoms with Crippen molar-refractivity contribution in [2.75, 3.05) is 7.11 Å². The van der Waals surface area contributed by atoms with Gasteiger partial charge in [-0.3, -0.25) is 4.79 Å². The number of benzene rings is 3. The van der Waals surface area contributed by atoms with Gasteiger partial charge < -0.3 is 4.74 Å². The fourth-order valence-electron chi connectivity index (χ4n) is 2.87. The number of carbonyl (C=O) groups excluding carboxylic acids is 1. The average molecular weight is 327 g/mol. The highest BCUT2D eigenvalue weighted by molar-refractivity contribution is 6.15. The van der Waals surface area contributed by atoms with E-state index >= 15 is 0 Å². The number of ketones is 1. The summed E-state index contributed by atoms with van der Waals surface area (Å²) in [4.78, 5) is 12.8. The van der Waals surface area contributed by atoms with Crippen LogP contribution >= 0.6 is 0 Å². The second-order valence-corrected chi connectivity index (χ2v) is 5.72. The van der Waals surface area contributed by atoms with Gasteiger partial charge in [0.15, 0.2) is 0 Å². The molecule has 3 aromatic rings. The molecule has 25 heavy (non-hydrogen) atoms. The molecule has 0 aromatic heterocycles. The van der Waals surface area contributed by atoms with E-state index in [1.165, 1.54) is 0 Å². The van der Waals surface area contributed by atoms with Crippen LogP contribution in [0.5, 0.6) is 5.75 Å². The van der Waals surface area contributed by atoms with Gasteiger partial charge in [-0.1, -0.05) is 54.6 Å². The number of fused-ring (bicyclic) bond motifs is 1. The van der Waals surface area contributed by atoms with Crippen LogP contribution in [-0.4, -0.2) is 12.9 Å². The van der Waals surface area contributed by atoms with Crippen molar-refractivity contribution in [2.45, 2.75) is 6.92 Å². The number of ether oxygens (including phenoxy) is 1. The zero-order valence-corrected chi connectivity index (χ0v) is 14.1. The molecule has 0 radical (unpaired) electrons. The van der Waals surface area contributed by atoms with Crippen molar-refractivity contribution >= 4 is 22.6 Å². The van der Waals surface area contributed by atoms with Gasteiger partial charge in [-0.25, -0.2) is 0 Å². The normalized spacial score (nSPS) is 11.2. The third-order valence-electron chi connectivity index (χ3n) is 4.19. The number of aryl methyl sites for hydroxylation is 1. The first kappa shape index (κ1) is 16.5. The number of nitrogens with zero attached hydrogens (tertiary/aromatic N) is 1. The van der Waals surface area contributed by atoms with E-state index in [0.29, 0.717) is 11.3 Å². The highest BCUT2D eigenvalue weighted by atomic mass is 16.5. The molecule has 0 fully saturated rings. The Bertz CT molecular complexity index is 1030. The molecule has 3 nitrogen and oxygen atoms in total. The minimum Gasteiger partial charge on any atom is -0.496 e. The van der Waals surface area contributed by atoms with Crippen LogP contribution in [0.3, 0.4) is 0 Å². The molecule has 0 heterocycles. The summed E-state index contributed by atoms with van der Waals surface area (Å²) in [5.41, 5.74) is 2.20. The van der Waals surface area contributed by atoms with E-state index in [2.05, 4.69) is 0 Å². The topological polar surface area (TPSA) is 50.1 Å². The fraction of sp³-hybridized carbons (Fsp3) is 0.0909. The molecule has 0 unspecified atom stereocenters. The maximum Gasteiger partial charge on any atom is 0.203 e. The van der Waals surface area contributed by atoms with Crippen LogP contribution in [0.25, 0.3) is 16.8 Å². The molecule has 0 amide bonds. The minimum atomic E-state index is -0.282. The predicted molar refractivity (Wildman–Crippen MR) is 99.6 cm³/mol. The standard InChI is InChI=1S/C22H17NO2/c1-15-7-3-5-9-18(15)22(24)17(14-23)13-20-19-10-6-4-8-16(19)11-12-21(20)25-2/h3-13H,1-2H3/b17-13+. The lowest BCUT2D eigenvalue weighted by Gasteiger charge is -2.10. The molecule has 0 spiro atoms. The molecule has 0 bridgehead atoms. The number of Topliss-reactive ketones (excluding diaryl/α,β-unsaturated/α-hetero) is 1. The van der Waals surface area contributed by atoms with Crippen LogP contribution in [0.4, 0.5) is 0 Å². The van der Waals surface area contributed by atoms with Gasteiger partial charge in [-0.15, -0.1) is 0 Å². The smallest absolute Gasteiger partial charge is 0.203 e. The summed E-state index contributed by atoms with van der Waals surface area (Å²) in [7, 11) is 1.58. The monoisotopic (exact) mass is 327 g/mol. The summed E-state index contributed by atoms with van der Waals surface area (Å²) in [6.45, 7) is 1.86. The summed E-state index contributed by atoms with van der Waals surface area (Å²) >= 11 is 0. The van der Waals surface area contributed by atoms with Crippen molar-refractivity contribution in [3.63, 3.8) is 0 Å². The zero-order chi connectivity index (χ0) is 17.8. The number of rotatable bonds is 4. The highest BCUT2D eigenvalue weighted by Crippen LogP contribution is 2.30. The average Bonchev–Trinajstić information content (AvgIpc) is 2.65. The van der Waals surface area contributed by atoms with Crippen molar-refractivity contribution in [3.8, 4) is 11.8 Å². The van der Waals surface area contributed by atoms with Crippen LogP contribution < -0.4 is 4.74 Å². The first-order valence-corrected chi connectivity index (χ1v) is 7.93. The second-order valence-electron chi connectivity index (χ2n) is 5.72. The molecule has 0 aliphatic heterocycles. The molecule has 3 aromatic carbocycles. The van der Waals surface area contributed by atoms with Crippen LogP contribution in [0.15, 0.2) is 66.2 Å². The van der Waals surface area contributed by atoms with Crippen LogP contribution in [0, 0.1) is 18.3 Å². The Morgan fingerprint density at radius 1 is 1.04 bits per heavy atom. The number of nitriles is 1. The number of allylic oxidation sites excluding steroid dienone is 1. The van der Waals surface area contributed by atoms with E-state index < -0.39 is 0 Å². The Morgan fingerprint density at radius 3 is 2.48 bits per heavy atom. The first-order chi connectivity index (χ1) is 12.2. The third-order valence-corrected chi connectivity index (χ3v) is 4.19. The molecule has 0 saturated heterocycles. The highest BCUT2D eigenvalue weighted by Gasteiger charge is 2.16. The van der Waals surface area contributed by atoms with Crippen LogP contribution in [0.1, 0.15) is 21.5 Å². The summed E-state index contributed by atoms with van der Waals surface area (Å²) < 4.78 is 5.44. The van der Waals surface area contributed by atoms with Gasteiger partial charge >= 0.3 is 0 Å². The Hall–Kier alpha value is -3.38. The van der Waals surface area contributed by atoms with Gasteiger partial charge in [0, 0.05) is 11.1 Å². The summed E-state index contributed by atoms with van der Waals surface area (Å²) in [5.74, 6) is 0.347. The number of methoxy groups -OCH3 is 1. The van der Waals surface area contributed by atoms with Gasteiger partial charge in [0.1, 0.15) is 17.4 Å². The van der Waals surface area contributed by atoms with E-state index in [0.717, 1.165) is 21.9 Å². The van der Waals surface area contributed by atoms with Crippen molar-refractivity contribution in [1.29, 1.82) is 5.26 Å². The Kier molecular flexibility index (Phi) is 4.63. The van der Waals surface area contributed by atoms with Crippen molar-refractivity contribution in [2.24, 2.45) is 0 Å². The van der Waals surface area contributed by atoms with Gasteiger partial charge in [0.2, 0.25) is 5.78 Å². The summed E-state index contributed by atoms with van der Waals surface area (Å²) in [6.07, 6.45) is 1.62. The second kappa shape index (κ2) is 7.02. The molecular weight excluding hydrogens is 310 g/mol. The predicted octanol–water partition coefficient (Wildman–Crippen LogP) is 4.95. The largest absolute Gasteiger partial charge is 0.496 e. The molecule has 0 N–H and O–H groups in total. The summed E-state index contributed by atoms with van der Waals surface area (Å²) in [6, 6.07) is 20.9. The molecule has 3 heteroatoms. The fourth-order valence-corrected chi connectivity index (χ4v) is 2.87. The quantitative estimate of drug-likeness (QED) is 0.387. The molecule has 0 saturated carbocycles. The van der Waals surface area contributed by atoms with Crippen LogP contribution in [0.2, 0.25) is 0 Å². The van der Waals surface area contributed by atoms with Gasteiger partial charge in [-0.05, 0) is 35.4 Å².